The molecule has 0 saturated heterocycles. The summed E-state index contributed by atoms with van der Waals surface area (Å²) in [5.41, 5.74) is 1.75. The highest BCUT2D eigenvalue weighted by Gasteiger charge is 2.31. The van der Waals surface area contributed by atoms with Crippen LogP contribution in [-0.2, 0) is 9.59 Å². The van der Waals surface area contributed by atoms with Gasteiger partial charge in [0.25, 0.3) is 5.91 Å². The van der Waals surface area contributed by atoms with E-state index < -0.39 is 0 Å². The van der Waals surface area contributed by atoms with Gasteiger partial charge in [-0.15, -0.1) is 0 Å². The lowest BCUT2D eigenvalue weighted by atomic mass is 10.1. The lowest BCUT2D eigenvalue weighted by Crippen LogP contribution is -2.45. The van der Waals surface area contributed by atoms with Crippen molar-refractivity contribution in [2.24, 2.45) is 0 Å². The number of para-hydroxylation sites is 1. The van der Waals surface area contributed by atoms with Crippen LogP contribution >= 0.6 is 27.7 Å². The monoisotopic (exact) mass is 484 g/mol. The van der Waals surface area contributed by atoms with Crippen molar-refractivity contribution >= 4 is 51.3 Å². The van der Waals surface area contributed by atoms with Crippen LogP contribution in [0.5, 0.6) is 0 Å². The molecule has 0 unspecified atom stereocenters. The van der Waals surface area contributed by atoms with Crippen LogP contribution in [0, 0.1) is 0 Å². The molecule has 2 aliphatic rings. The molecule has 0 bridgehead atoms. The minimum Gasteiger partial charge on any atom is -0.352 e. The van der Waals surface area contributed by atoms with Crippen LogP contribution in [0.3, 0.4) is 0 Å². The van der Waals surface area contributed by atoms with Gasteiger partial charge in [0, 0.05) is 15.4 Å². The summed E-state index contributed by atoms with van der Waals surface area (Å²) in [6.07, 6.45) is 8.75. The Morgan fingerprint density at radius 3 is 2.63 bits per heavy atom. The smallest absolute Gasteiger partial charge is 0.265 e. The second-order valence-corrected chi connectivity index (χ2v) is 9.78. The van der Waals surface area contributed by atoms with Gasteiger partial charge in [0.1, 0.15) is 6.54 Å². The minimum atomic E-state index is -0.130. The molecule has 0 aromatic heterocycles. The second kappa shape index (κ2) is 9.84. The SMILES string of the molecule is O=C(CN1C(=O)C(=Cc2cccc(Br)c2)Sc2ccccc21)NC1CCCCCC1. The van der Waals surface area contributed by atoms with Gasteiger partial charge in [0.15, 0.2) is 0 Å². The quantitative estimate of drug-likeness (QED) is 0.442. The van der Waals surface area contributed by atoms with E-state index in [1.807, 2.05) is 54.6 Å². The van der Waals surface area contributed by atoms with Gasteiger partial charge in [0.05, 0.1) is 10.6 Å². The Hall–Kier alpha value is -2.05. The molecule has 156 valence electrons. The summed E-state index contributed by atoms with van der Waals surface area (Å²) >= 11 is 4.94. The van der Waals surface area contributed by atoms with Gasteiger partial charge in [-0.05, 0) is 48.7 Å². The molecule has 6 heteroatoms. The molecule has 2 aromatic carbocycles. The number of hydrogen-bond acceptors (Lipinski definition) is 3. The molecular formula is C24H25BrN2O2S. The lowest BCUT2D eigenvalue weighted by Gasteiger charge is -2.30. The number of thioether (sulfide) groups is 1. The molecule has 0 spiro atoms. The second-order valence-electron chi connectivity index (χ2n) is 7.78. The topological polar surface area (TPSA) is 49.4 Å². The minimum absolute atomic E-state index is 0.0444. The number of carbonyl (C=O) groups is 2. The first-order valence-corrected chi connectivity index (χ1v) is 12.1. The number of amides is 2. The maximum atomic E-state index is 13.3. The van der Waals surface area contributed by atoms with Crippen LogP contribution in [-0.4, -0.2) is 24.4 Å². The number of halogens is 1. The average Bonchev–Trinajstić information content (AvgIpc) is 3.00. The summed E-state index contributed by atoms with van der Waals surface area (Å²) in [6.45, 7) is 0.0444. The Morgan fingerprint density at radius 1 is 1.10 bits per heavy atom. The van der Waals surface area contributed by atoms with Crippen molar-refractivity contribution in [3.63, 3.8) is 0 Å². The summed E-state index contributed by atoms with van der Waals surface area (Å²) in [7, 11) is 0. The first-order chi connectivity index (χ1) is 14.6. The zero-order chi connectivity index (χ0) is 20.9. The Balaban J connectivity index is 1.56. The average molecular weight is 485 g/mol. The van der Waals surface area contributed by atoms with Crippen LogP contribution < -0.4 is 10.2 Å². The van der Waals surface area contributed by atoms with E-state index in [0.29, 0.717) is 4.91 Å². The summed E-state index contributed by atoms with van der Waals surface area (Å²) < 4.78 is 0.963. The third kappa shape index (κ3) is 5.16. The lowest BCUT2D eigenvalue weighted by molar-refractivity contribution is -0.123. The molecule has 1 heterocycles. The summed E-state index contributed by atoms with van der Waals surface area (Å²) in [5, 5.41) is 3.16. The van der Waals surface area contributed by atoms with Gasteiger partial charge in [0.2, 0.25) is 5.91 Å². The summed E-state index contributed by atoms with van der Waals surface area (Å²) in [4.78, 5) is 29.3. The first-order valence-electron chi connectivity index (χ1n) is 10.5. The highest BCUT2D eigenvalue weighted by Crippen LogP contribution is 2.42. The highest BCUT2D eigenvalue weighted by molar-refractivity contribution is 9.10. The number of hydrogen-bond donors (Lipinski definition) is 1. The van der Waals surface area contributed by atoms with Crippen molar-refractivity contribution < 1.29 is 9.59 Å². The van der Waals surface area contributed by atoms with E-state index in [1.54, 1.807) is 4.90 Å². The Morgan fingerprint density at radius 2 is 1.87 bits per heavy atom. The summed E-state index contributed by atoms with van der Waals surface area (Å²) in [5.74, 6) is -0.214. The molecule has 30 heavy (non-hydrogen) atoms. The fourth-order valence-electron chi connectivity index (χ4n) is 4.01. The number of nitrogens with zero attached hydrogens (tertiary/aromatic N) is 1. The van der Waals surface area contributed by atoms with E-state index >= 15 is 0 Å². The van der Waals surface area contributed by atoms with Crippen molar-refractivity contribution in [1.82, 2.24) is 5.32 Å². The normalized spacial score (nSPS) is 18.8. The number of fused-ring (bicyclic) bond motifs is 1. The maximum Gasteiger partial charge on any atom is 0.265 e. The molecule has 0 atom stereocenters. The number of nitrogens with one attached hydrogen (secondary N) is 1. The Bertz CT molecular complexity index is 967. The highest BCUT2D eigenvalue weighted by atomic mass is 79.9. The molecule has 1 aliphatic heterocycles. The standard InChI is InChI=1S/C24H25BrN2O2S/c25-18-9-7-8-17(14-18)15-22-24(29)27(20-12-5-6-13-21(20)30-22)16-23(28)26-19-10-3-1-2-4-11-19/h5-9,12-15,19H,1-4,10-11,16H2,(H,26,28). The number of anilines is 1. The van der Waals surface area contributed by atoms with E-state index in [-0.39, 0.29) is 24.4 Å². The number of rotatable bonds is 4. The molecular weight excluding hydrogens is 460 g/mol. The van der Waals surface area contributed by atoms with Crippen LogP contribution in [0.2, 0.25) is 0 Å². The van der Waals surface area contributed by atoms with Gasteiger partial charge in [-0.2, -0.15) is 0 Å². The molecule has 1 N–H and O–H groups in total. The van der Waals surface area contributed by atoms with Gasteiger partial charge < -0.3 is 5.32 Å². The van der Waals surface area contributed by atoms with Crippen LogP contribution in [0.25, 0.3) is 6.08 Å². The third-order valence-corrected chi connectivity index (χ3v) is 7.07. The summed E-state index contributed by atoms with van der Waals surface area (Å²) in [6, 6.07) is 15.8. The van der Waals surface area contributed by atoms with Gasteiger partial charge >= 0.3 is 0 Å². The predicted octanol–water partition coefficient (Wildman–Crippen LogP) is 5.77. The molecule has 4 rings (SSSR count). The van der Waals surface area contributed by atoms with Crippen LogP contribution in [0.1, 0.15) is 44.1 Å². The molecule has 0 radical (unpaired) electrons. The first kappa shape index (κ1) is 21.2. The fraction of sp³-hybridized carbons (Fsp3) is 0.333. The van der Waals surface area contributed by atoms with Crippen molar-refractivity contribution in [1.29, 1.82) is 0 Å². The van der Waals surface area contributed by atoms with Crippen molar-refractivity contribution in [3.8, 4) is 0 Å². The Kier molecular flexibility index (Phi) is 6.95. The van der Waals surface area contributed by atoms with Crippen molar-refractivity contribution in [3.05, 3.63) is 63.5 Å². The van der Waals surface area contributed by atoms with Gasteiger partial charge in [-0.3, -0.25) is 14.5 Å². The van der Waals surface area contributed by atoms with E-state index in [0.717, 1.165) is 46.3 Å². The van der Waals surface area contributed by atoms with Crippen molar-refractivity contribution in [2.75, 3.05) is 11.4 Å². The van der Waals surface area contributed by atoms with Crippen LogP contribution in [0.4, 0.5) is 5.69 Å². The van der Waals surface area contributed by atoms with Crippen LogP contribution in [0.15, 0.2) is 62.8 Å². The molecule has 4 nitrogen and oxygen atoms in total. The zero-order valence-corrected chi connectivity index (χ0v) is 19.2. The predicted molar refractivity (Wildman–Crippen MR) is 126 cm³/mol. The third-order valence-electron chi connectivity index (χ3n) is 5.50. The Labute approximate surface area is 190 Å². The van der Waals surface area contributed by atoms with E-state index in [9.17, 15) is 9.59 Å². The molecule has 1 fully saturated rings. The fourth-order valence-corrected chi connectivity index (χ4v) is 5.48. The van der Waals surface area contributed by atoms with E-state index in [4.69, 9.17) is 0 Å². The molecule has 2 aromatic rings. The van der Waals surface area contributed by atoms with Crippen molar-refractivity contribution in [2.45, 2.75) is 49.5 Å². The van der Waals surface area contributed by atoms with Gasteiger partial charge in [-0.25, -0.2) is 0 Å². The van der Waals surface area contributed by atoms with E-state index in [1.165, 1.54) is 24.6 Å². The largest absolute Gasteiger partial charge is 0.352 e. The van der Waals surface area contributed by atoms with Gasteiger partial charge in [-0.1, -0.05) is 77.6 Å². The zero-order valence-electron chi connectivity index (χ0n) is 16.8. The van der Waals surface area contributed by atoms with E-state index in [2.05, 4.69) is 21.2 Å². The molecule has 1 saturated carbocycles. The number of carbonyl (C=O) groups excluding carboxylic acids is 2. The molecule has 1 aliphatic carbocycles. The molecule has 2 amide bonds. The number of benzene rings is 2. The maximum absolute atomic E-state index is 13.3.